The van der Waals surface area contributed by atoms with Crippen molar-refractivity contribution in [3.8, 4) is 0 Å². The molecule has 4 heteroatoms. The van der Waals surface area contributed by atoms with Gasteiger partial charge in [-0.3, -0.25) is 4.90 Å². The third-order valence-corrected chi connectivity index (χ3v) is 4.68. The van der Waals surface area contributed by atoms with Crippen LogP contribution in [0.3, 0.4) is 0 Å². The molecule has 0 bridgehead atoms. The van der Waals surface area contributed by atoms with Gasteiger partial charge in [-0.05, 0) is 18.6 Å². The van der Waals surface area contributed by atoms with E-state index in [0.717, 1.165) is 38.8 Å². The Morgan fingerprint density at radius 3 is 2.63 bits per heavy atom. The third kappa shape index (κ3) is 8.90. The van der Waals surface area contributed by atoms with Crippen LogP contribution in [0.4, 0.5) is 0 Å². The van der Waals surface area contributed by atoms with Crippen LogP contribution in [0.1, 0.15) is 46.0 Å². The Kier molecular flexibility index (Phi) is 10.9. The fourth-order valence-corrected chi connectivity index (χ4v) is 3.12. The van der Waals surface area contributed by atoms with E-state index < -0.39 is 0 Å². The Labute approximate surface area is 123 Å². The SMILES string of the molecule is CCCCCC(CSCCC)OCN1CCOCC1. The number of rotatable bonds is 11. The zero-order chi connectivity index (χ0) is 13.8. The smallest absolute Gasteiger partial charge is 0.0995 e. The molecular formula is C15H31NO2S. The molecule has 0 N–H and O–H groups in total. The summed E-state index contributed by atoms with van der Waals surface area (Å²) in [6.07, 6.45) is 6.83. The van der Waals surface area contributed by atoms with Gasteiger partial charge in [-0.1, -0.05) is 33.1 Å². The average Bonchev–Trinajstić information content (AvgIpc) is 2.45. The van der Waals surface area contributed by atoms with Crippen LogP contribution in [0.5, 0.6) is 0 Å². The molecule has 0 saturated carbocycles. The number of morpholine rings is 1. The highest BCUT2D eigenvalue weighted by Crippen LogP contribution is 2.14. The van der Waals surface area contributed by atoms with E-state index in [2.05, 4.69) is 18.7 Å². The van der Waals surface area contributed by atoms with Gasteiger partial charge in [0.1, 0.15) is 0 Å². The summed E-state index contributed by atoms with van der Waals surface area (Å²) in [7, 11) is 0. The van der Waals surface area contributed by atoms with Crippen molar-refractivity contribution < 1.29 is 9.47 Å². The van der Waals surface area contributed by atoms with Gasteiger partial charge in [0.15, 0.2) is 0 Å². The molecule has 114 valence electrons. The molecule has 1 aliphatic heterocycles. The van der Waals surface area contributed by atoms with Crippen molar-refractivity contribution >= 4 is 11.8 Å². The lowest BCUT2D eigenvalue weighted by atomic mass is 10.1. The summed E-state index contributed by atoms with van der Waals surface area (Å²) in [5, 5.41) is 0. The lowest BCUT2D eigenvalue weighted by molar-refractivity contribution is -0.0566. The van der Waals surface area contributed by atoms with Gasteiger partial charge in [0.2, 0.25) is 0 Å². The maximum Gasteiger partial charge on any atom is 0.0995 e. The lowest BCUT2D eigenvalue weighted by Gasteiger charge is -2.28. The maximum atomic E-state index is 6.12. The first-order valence-electron chi connectivity index (χ1n) is 7.86. The highest BCUT2D eigenvalue weighted by molar-refractivity contribution is 7.99. The number of hydrogen-bond acceptors (Lipinski definition) is 4. The van der Waals surface area contributed by atoms with Crippen molar-refractivity contribution in [2.75, 3.05) is 44.5 Å². The van der Waals surface area contributed by atoms with Gasteiger partial charge >= 0.3 is 0 Å². The van der Waals surface area contributed by atoms with Crippen molar-refractivity contribution in [2.45, 2.75) is 52.1 Å². The molecule has 0 aromatic heterocycles. The van der Waals surface area contributed by atoms with E-state index >= 15 is 0 Å². The topological polar surface area (TPSA) is 21.7 Å². The van der Waals surface area contributed by atoms with Gasteiger partial charge in [-0.15, -0.1) is 0 Å². The molecule has 0 radical (unpaired) electrons. The lowest BCUT2D eigenvalue weighted by Crippen LogP contribution is -2.39. The number of hydrogen-bond donors (Lipinski definition) is 0. The summed E-state index contributed by atoms with van der Waals surface area (Å²) in [5.41, 5.74) is 0. The number of unbranched alkanes of at least 4 members (excludes halogenated alkanes) is 2. The summed E-state index contributed by atoms with van der Waals surface area (Å²) >= 11 is 2.04. The first-order chi connectivity index (χ1) is 9.36. The second-order valence-corrected chi connectivity index (χ2v) is 6.37. The van der Waals surface area contributed by atoms with Gasteiger partial charge in [-0.2, -0.15) is 11.8 Å². The molecule has 0 spiro atoms. The minimum absolute atomic E-state index is 0.436. The van der Waals surface area contributed by atoms with Crippen LogP contribution in [0.2, 0.25) is 0 Å². The van der Waals surface area contributed by atoms with E-state index in [0.29, 0.717) is 6.10 Å². The Morgan fingerprint density at radius 2 is 1.95 bits per heavy atom. The minimum atomic E-state index is 0.436. The first kappa shape index (κ1) is 17.3. The van der Waals surface area contributed by atoms with Gasteiger partial charge in [0.05, 0.1) is 26.0 Å². The molecule has 0 aromatic carbocycles. The van der Waals surface area contributed by atoms with Crippen molar-refractivity contribution in [2.24, 2.45) is 0 Å². The second-order valence-electron chi connectivity index (χ2n) is 5.22. The molecule has 0 aromatic rings. The quantitative estimate of drug-likeness (QED) is 0.544. The highest BCUT2D eigenvalue weighted by Gasteiger charge is 2.14. The third-order valence-electron chi connectivity index (χ3n) is 3.38. The van der Waals surface area contributed by atoms with E-state index in [1.54, 1.807) is 0 Å². The van der Waals surface area contributed by atoms with Crippen LogP contribution < -0.4 is 0 Å². The Morgan fingerprint density at radius 1 is 1.16 bits per heavy atom. The van der Waals surface area contributed by atoms with Crippen molar-refractivity contribution in [1.82, 2.24) is 4.90 Å². The molecule has 1 rings (SSSR count). The van der Waals surface area contributed by atoms with Gasteiger partial charge in [0.25, 0.3) is 0 Å². The maximum absolute atomic E-state index is 6.12. The normalized spacial score (nSPS) is 18.6. The van der Waals surface area contributed by atoms with Crippen LogP contribution in [0, 0.1) is 0 Å². The molecular weight excluding hydrogens is 258 g/mol. The Hall–Kier alpha value is 0.230. The van der Waals surface area contributed by atoms with Crippen LogP contribution in [0.15, 0.2) is 0 Å². The summed E-state index contributed by atoms with van der Waals surface area (Å²) in [4.78, 5) is 2.36. The summed E-state index contributed by atoms with van der Waals surface area (Å²) in [6, 6.07) is 0. The van der Waals surface area contributed by atoms with E-state index in [1.807, 2.05) is 11.8 Å². The number of nitrogens with zero attached hydrogens (tertiary/aromatic N) is 1. The molecule has 3 nitrogen and oxygen atoms in total. The van der Waals surface area contributed by atoms with Gasteiger partial charge in [-0.25, -0.2) is 0 Å². The molecule has 0 amide bonds. The van der Waals surface area contributed by atoms with E-state index in [9.17, 15) is 0 Å². The summed E-state index contributed by atoms with van der Waals surface area (Å²) in [5.74, 6) is 2.41. The fraction of sp³-hybridized carbons (Fsp3) is 1.00. The van der Waals surface area contributed by atoms with Crippen molar-refractivity contribution in [3.63, 3.8) is 0 Å². The molecule has 1 aliphatic rings. The predicted molar refractivity (Wildman–Crippen MR) is 83.9 cm³/mol. The summed E-state index contributed by atoms with van der Waals surface area (Å²) in [6.45, 7) is 9.03. The molecule has 1 fully saturated rings. The van der Waals surface area contributed by atoms with Crippen molar-refractivity contribution in [1.29, 1.82) is 0 Å². The van der Waals surface area contributed by atoms with Crippen molar-refractivity contribution in [3.05, 3.63) is 0 Å². The molecule has 0 aliphatic carbocycles. The first-order valence-corrected chi connectivity index (χ1v) is 9.01. The van der Waals surface area contributed by atoms with Crippen LogP contribution in [-0.2, 0) is 9.47 Å². The van der Waals surface area contributed by atoms with Gasteiger partial charge in [0, 0.05) is 18.8 Å². The van der Waals surface area contributed by atoms with E-state index in [4.69, 9.17) is 9.47 Å². The van der Waals surface area contributed by atoms with Crippen LogP contribution in [0.25, 0.3) is 0 Å². The fourth-order valence-electron chi connectivity index (χ4n) is 2.14. The number of ether oxygens (including phenoxy) is 2. The number of thioether (sulfide) groups is 1. The summed E-state index contributed by atoms with van der Waals surface area (Å²) < 4.78 is 11.5. The Bertz CT molecular complexity index is 189. The van der Waals surface area contributed by atoms with Crippen LogP contribution in [-0.4, -0.2) is 55.5 Å². The minimum Gasteiger partial charge on any atom is -0.379 e. The molecule has 1 heterocycles. The predicted octanol–water partition coefficient (Wildman–Crippen LogP) is 3.38. The molecule has 1 atom stereocenters. The van der Waals surface area contributed by atoms with Gasteiger partial charge < -0.3 is 9.47 Å². The second kappa shape index (κ2) is 12.0. The molecule has 19 heavy (non-hydrogen) atoms. The molecule has 1 saturated heterocycles. The van der Waals surface area contributed by atoms with Crippen LogP contribution >= 0.6 is 11.8 Å². The Balaban J connectivity index is 2.17. The molecule has 1 unspecified atom stereocenters. The largest absolute Gasteiger partial charge is 0.379 e. The zero-order valence-corrected chi connectivity index (χ0v) is 13.6. The van der Waals surface area contributed by atoms with E-state index in [-0.39, 0.29) is 0 Å². The highest BCUT2D eigenvalue weighted by atomic mass is 32.2. The monoisotopic (exact) mass is 289 g/mol. The average molecular weight is 289 g/mol. The zero-order valence-electron chi connectivity index (χ0n) is 12.7. The standard InChI is InChI=1S/C15H31NO2S/c1-3-5-6-7-15(13-19-12-4-2)18-14-16-8-10-17-11-9-16/h15H,3-14H2,1-2H3. The van der Waals surface area contributed by atoms with E-state index in [1.165, 1.54) is 37.9 Å².